The second-order valence-corrected chi connectivity index (χ2v) is 10.6. The molecule has 5 heteroatoms. The highest BCUT2D eigenvalue weighted by Crippen LogP contribution is 2.38. The first-order chi connectivity index (χ1) is 20.7. The quantitative estimate of drug-likeness (QED) is 0.215. The van der Waals surface area contributed by atoms with Crippen molar-refractivity contribution < 1.29 is 4.42 Å². The molecule has 0 aliphatic rings. The Morgan fingerprint density at radius 2 is 1.14 bits per heavy atom. The van der Waals surface area contributed by atoms with Crippen LogP contribution in [-0.4, -0.2) is 15.0 Å². The summed E-state index contributed by atoms with van der Waals surface area (Å²) in [5.74, 6) is 1.02. The van der Waals surface area contributed by atoms with Crippen LogP contribution in [0.2, 0.25) is 5.28 Å². The maximum Gasteiger partial charge on any atom is 0.226 e. The Labute approximate surface area is 246 Å². The molecule has 2 heterocycles. The van der Waals surface area contributed by atoms with Crippen molar-refractivity contribution in [3.63, 3.8) is 0 Å². The van der Waals surface area contributed by atoms with Gasteiger partial charge in [0.05, 0.1) is 0 Å². The Morgan fingerprint density at radius 3 is 2.02 bits per heavy atom. The van der Waals surface area contributed by atoms with Crippen molar-refractivity contribution in [1.29, 1.82) is 0 Å². The van der Waals surface area contributed by atoms with Crippen molar-refractivity contribution in [2.24, 2.45) is 0 Å². The van der Waals surface area contributed by atoms with Gasteiger partial charge in [-0.15, -0.1) is 0 Å². The van der Waals surface area contributed by atoms with Crippen molar-refractivity contribution in [2.75, 3.05) is 0 Å². The molecule has 0 N–H and O–H groups in total. The van der Waals surface area contributed by atoms with Crippen LogP contribution in [0.25, 0.3) is 77.7 Å². The summed E-state index contributed by atoms with van der Waals surface area (Å²) in [5.41, 5.74) is 7.84. The van der Waals surface area contributed by atoms with E-state index in [1.54, 1.807) is 0 Å². The van der Waals surface area contributed by atoms with Crippen molar-refractivity contribution in [3.8, 4) is 45.0 Å². The minimum atomic E-state index is 0.142. The zero-order valence-corrected chi connectivity index (χ0v) is 23.1. The summed E-state index contributed by atoms with van der Waals surface area (Å²) in [5, 5.41) is 4.52. The summed E-state index contributed by atoms with van der Waals surface area (Å²) in [7, 11) is 0. The molecule has 0 saturated carbocycles. The molecule has 0 saturated heterocycles. The third-order valence-corrected chi connectivity index (χ3v) is 7.86. The van der Waals surface area contributed by atoms with Crippen LogP contribution in [0.4, 0.5) is 0 Å². The van der Waals surface area contributed by atoms with Crippen LogP contribution >= 0.6 is 11.6 Å². The SMILES string of the molecule is Clc1nc(-c2ccc(-c3cccc4ccccc34)cc2)nc(-c2cccc3oc4ccc(-c5ccccc5)cc4c23)n1. The number of hydrogen-bond acceptors (Lipinski definition) is 4. The molecule has 0 bridgehead atoms. The Morgan fingerprint density at radius 1 is 0.452 bits per heavy atom. The molecule has 2 aromatic heterocycles. The smallest absolute Gasteiger partial charge is 0.226 e. The van der Waals surface area contributed by atoms with Gasteiger partial charge in [-0.3, -0.25) is 0 Å². The van der Waals surface area contributed by atoms with E-state index in [4.69, 9.17) is 21.0 Å². The molecular weight excluding hydrogens is 538 g/mol. The maximum atomic E-state index is 6.51. The molecule has 4 nitrogen and oxygen atoms in total. The third kappa shape index (κ3) is 4.21. The highest BCUT2D eigenvalue weighted by atomic mass is 35.5. The number of hydrogen-bond donors (Lipinski definition) is 0. The van der Waals surface area contributed by atoms with Crippen LogP contribution in [0.15, 0.2) is 138 Å². The molecule has 0 fully saturated rings. The molecular formula is C37H22ClN3O. The molecule has 42 heavy (non-hydrogen) atoms. The third-order valence-electron chi connectivity index (χ3n) is 7.69. The van der Waals surface area contributed by atoms with E-state index in [0.717, 1.165) is 49.8 Å². The molecule has 0 radical (unpaired) electrons. The molecule has 0 aliphatic carbocycles. The first kappa shape index (κ1) is 24.5. The van der Waals surface area contributed by atoms with Gasteiger partial charge in [-0.1, -0.05) is 115 Å². The predicted octanol–water partition coefficient (Wildman–Crippen LogP) is 10.2. The van der Waals surface area contributed by atoms with E-state index in [-0.39, 0.29) is 5.28 Å². The van der Waals surface area contributed by atoms with Crippen molar-refractivity contribution in [3.05, 3.63) is 139 Å². The van der Waals surface area contributed by atoms with Gasteiger partial charge in [0.15, 0.2) is 11.6 Å². The fourth-order valence-electron chi connectivity index (χ4n) is 5.70. The van der Waals surface area contributed by atoms with Gasteiger partial charge in [-0.2, -0.15) is 9.97 Å². The second kappa shape index (κ2) is 9.95. The lowest BCUT2D eigenvalue weighted by Crippen LogP contribution is -1.97. The fraction of sp³-hybridized carbons (Fsp3) is 0. The average Bonchev–Trinajstić information content (AvgIpc) is 3.43. The van der Waals surface area contributed by atoms with Crippen molar-refractivity contribution in [2.45, 2.75) is 0 Å². The predicted molar refractivity (Wildman–Crippen MR) is 171 cm³/mol. The summed E-state index contributed by atoms with van der Waals surface area (Å²) in [4.78, 5) is 13.9. The number of fused-ring (bicyclic) bond motifs is 4. The summed E-state index contributed by atoms with van der Waals surface area (Å²) >= 11 is 6.51. The minimum Gasteiger partial charge on any atom is -0.456 e. The fourth-order valence-corrected chi connectivity index (χ4v) is 5.86. The Kier molecular flexibility index (Phi) is 5.80. The standard InChI is InChI=1S/C37H22ClN3O/c38-37-40-35(26-18-16-25(17-19-26)29-13-6-11-24-10-4-5-12-28(24)29)39-36(41-37)30-14-7-15-33-34(30)31-22-27(20-21-32(31)42-33)23-8-2-1-3-9-23/h1-22H. The molecule has 0 aliphatic heterocycles. The van der Waals surface area contributed by atoms with E-state index in [2.05, 4.69) is 88.8 Å². The van der Waals surface area contributed by atoms with E-state index in [1.165, 1.54) is 16.3 Å². The molecule has 198 valence electrons. The first-order valence-electron chi connectivity index (χ1n) is 13.7. The van der Waals surface area contributed by atoms with E-state index in [9.17, 15) is 0 Å². The van der Waals surface area contributed by atoms with E-state index in [1.807, 2.05) is 54.6 Å². The lowest BCUT2D eigenvalue weighted by atomic mass is 9.97. The molecule has 6 aromatic carbocycles. The largest absolute Gasteiger partial charge is 0.456 e. The summed E-state index contributed by atoms with van der Waals surface area (Å²) in [6.45, 7) is 0. The van der Waals surface area contributed by atoms with Gasteiger partial charge >= 0.3 is 0 Å². The van der Waals surface area contributed by atoms with E-state index >= 15 is 0 Å². The van der Waals surface area contributed by atoms with Gasteiger partial charge in [0.1, 0.15) is 11.2 Å². The number of furan rings is 1. The lowest BCUT2D eigenvalue weighted by Gasteiger charge is -2.09. The van der Waals surface area contributed by atoms with Crippen LogP contribution in [-0.2, 0) is 0 Å². The van der Waals surface area contributed by atoms with Gasteiger partial charge in [0, 0.05) is 21.9 Å². The monoisotopic (exact) mass is 559 g/mol. The molecule has 0 spiro atoms. The van der Waals surface area contributed by atoms with Crippen LogP contribution in [0.1, 0.15) is 0 Å². The van der Waals surface area contributed by atoms with E-state index < -0.39 is 0 Å². The second-order valence-electron chi connectivity index (χ2n) is 10.2. The van der Waals surface area contributed by atoms with Crippen LogP contribution in [0.3, 0.4) is 0 Å². The molecule has 0 amide bonds. The van der Waals surface area contributed by atoms with Gasteiger partial charge in [0.25, 0.3) is 0 Å². The van der Waals surface area contributed by atoms with Gasteiger partial charge in [-0.05, 0) is 62.8 Å². The Balaban J connectivity index is 1.23. The lowest BCUT2D eigenvalue weighted by molar-refractivity contribution is 0.669. The number of nitrogens with zero attached hydrogens (tertiary/aromatic N) is 3. The van der Waals surface area contributed by atoms with Gasteiger partial charge in [-0.25, -0.2) is 4.98 Å². The number of rotatable bonds is 4. The van der Waals surface area contributed by atoms with Gasteiger partial charge < -0.3 is 4.42 Å². The van der Waals surface area contributed by atoms with Crippen LogP contribution in [0.5, 0.6) is 0 Å². The van der Waals surface area contributed by atoms with Gasteiger partial charge in [0.2, 0.25) is 5.28 Å². The zero-order valence-electron chi connectivity index (χ0n) is 22.3. The normalized spacial score (nSPS) is 11.5. The van der Waals surface area contributed by atoms with E-state index in [0.29, 0.717) is 11.6 Å². The maximum absolute atomic E-state index is 6.51. The minimum absolute atomic E-state index is 0.142. The number of halogens is 1. The topological polar surface area (TPSA) is 51.8 Å². The molecule has 0 unspecified atom stereocenters. The molecule has 0 atom stereocenters. The van der Waals surface area contributed by atoms with Crippen molar-refractivity contribution >= 4 is 44.3 Å². The summed E-state index contributed by atoms with van der Waals surface area (Å²) in [6.07, 6.45) is 0. The first-order valence-corrected chi connectivity index (χ1v) is 14.1. The summed E-state index contributed by atoms with van der Waals surface area (Å²) < 4.78 is 6.23. The molecule has 8 rings (SSSR count). The van der Waals surface area contributed by atoms with Crippen LogP contribution < -0.4 is 0 Å². The van der Waals surface area contributed by atoms with Crippen LogP contribution in [0, 0.1) is 0 Å². The number of aromatic nitrogens is 3. The summed E-state index contributed by atoms with van der Waals surface area (Å²) in [6, 6.07) is 45.6. The number of benzene rings is 6. The highest BCUT2D eigenvalue weighted by molar-refractivity contribution is 6.28. The Bertz CT molecular complexity index is 2250. The molecule has 8 aromatic rings. The zero-order chi connectivity index (χ0) is 28.0. The Hall–Kier alpha value is -5.32. The highest BCUT2D eigenvalue weighted by Gasteiger charge is 2.17. The average molecular weight is 560 g/mol. The van der Waals surface area contributed by atoms with Crippen molar-refractivity contribution in [1.82, 2.24) is 15.0 Å².